The Bertz CT molecular complexity index is 468. The normalized spacial score (nSPS) is 10.3. The van der Waals surface area contributed by atoms with Gasteiger partial charge in [0.25, 0.3) is 0 Å². The highest BCUT2D eigenvalue weighted by molar-refractivity contribution is 6.99. The summed E-state index contributed by atoms with van der Waals surface area (Å²) >= 11 is 6.57. The van der Waals surface area contributed by atoms with Crippen molar-refractivity contribution in [2.75, 3.05) is 5.32 Å². The highest BCUT2D eigenvalue weighted by Gasteiger charge is 2.06. The molecule has 1 aromatic carbocycles. The van der Waals surface area contributed by atoms with Crippen LogP contribution in [0, 0.1) is 11.6 Å². The van der Waals surface area contributed by atoms with Crippen LogP contribution in [0.1, 0.15) is 0 Å². The molecule has 0 amide bonds. The number of halogens is 3. The quantitative estimate of drug-likeness (QED) is 0.886. The first-order valence-corrected chi connectivity index (χ1v) is 4.97. The van der Waals surface area contributed by atoms with Gasteiger partial charge < -0.3 is 5.32 Å². The second kappa shape index (κ2) is 4.08. The van der Waals surface area contributed by atoms with Crippen LogP contribution in [-0.2, 0) is 0 Å². The molecule has 7 heteroatoms. The van der Waals surface area contributed by atoms with Crippen molar-refractivity contribution in [3.63, 3.8) is 0 Å². The van der Waals surface area contributed by atoms with Crippen LogP contribution in [0.5, 0.6) is 0 Å². The summed E-state index contributed by atoms with van der Waals surface area (Å²) in [6.07, 6.45) is 0. The Morgan fingerprint density at radius 1 is 1.13 bits per heavy atom. The monoisotopic (exact) mass is 247 g/mol. The van der Waals surface area contributed by atoms with Gasteiger partial charge in [0.15, 0.2) is 11.0 Å². The van der Waals surface area contributed by atoms with Gasteiger partial charge in [0.2, 0.25) is 0 Å². The van der Waals surface area contributed by atoms with Crippen LogP contribution in [0.15, 0.2) is 18.2 Å². The molecule has 0 bridgehead atoms. The summed E-state index contributed by atoms with van der Waals surface area (Å²) in [6, 6.07) is 3.06. The fourth-order valence-corrected chi connectivity index (χ4v) is 1.66. The van der Waals surface area contributed by atoms with Gasteiger partial charge >= 0.3 is 0 Å². The molecule has 0 aliphatic carbocycles. The van der Waals surface area contributed by atoms with Crippen LogP contribution >= 0.6 is 23.3 Å². The first-order chi connectivity index (χ1) is 7.15. The first kappa shape index (κ1) is 10.3. The summed E-state index contributed by atoms with van der Waals surface area (Å²) in [4.78, 5) is 0. The molecule has 0 unspecified atom stereocenters. The van der Waals surface area contributed by atoms with Gasteiger partial charge in [-0.25, -0.2) is 8.78 Å². The average Bonchev–Trinajstić information content (AvgIpc) is 2.50. The molecule has 1 heterocycles. The Labute approximate surface area is 93.0 Å². The zero-order valence-corrected chi connectivity index (χ0v) is 8.74. The number of hydrogen-bond donors (Lipinski definition) is 1. The topological polar surface area (TPSA) is 37.8 Å². The minimum absolute atomic E-state index is 0.171. The molecule has 0 atom stereocenters. The van der Waals surface area contributed by atoms with Gasteiger partial charge in [0.1, 0.15) is 11.6 Å². The smallest absolute Gasteiger partial charge is 0.187 e. The lowest BCUT2D eigenvalue weighted by molar-refractivity contribution is 0.584. The Kier molecular flexibility index (Phi) is 2.79. The van der Waals surface area contributed by atoms with E-state index in [0.717, 1.165) is 29.9 Å². The zero-order chi connectivity index (χ0) is 10.8. The molecule has 1 N–H and O–H groups in total. The van der Waals surface area contributed by atoms with Crippen LogP contribution < -0.4 is 5.32 Å². The minimum atomic E-state index is -0.670. The summed E-state index contributed by atoms with van der Waals surface area (Å²) in [7, 11) is 0. The highest BCUT2D eigenvalue weighted by atomic mass is 35.5. The zero-order valence-electron chi connectivity index (χ0n) is 7.17. The molecule has 2 rings (SSSR count). The van der Waals surface area contributed by atoms with Gasteiger partial charge in [-0.2, -0.15) is 8.75 Å². The second-order valence-electron chi connectivity index (χ2n) is 2.69. The lowest BCUT2D eigenvalue weighted by Crippen LogP contribution is -1.93. The van der Waals surface area contributed by atoms with Gasteiger partial charge in [-0.3, -0.25) is 0 Å². The van der Waals surface area contributed by atoms with E-state index >= 15 is 0 Å². The predicted octanol–water partition coefficient (Wildman–Crippen LogP) is 3.21. The van der Waals surface area contributed by atoms with Crippen molar-refractivity contribution in [2.45, 2.75) is 0 Å². The Hall–Kier alpha value is -1.27. The molecule has 15 heavy (non-hydrogen) atoms. The minimum Gasteiger partial charge on any atom is -0.337 e. The van der Waals surface area contributed by atoms with Crippen molar-refractivity contribution in [3.05, 3.63) is 35.0 Å². The lowest BCUT2D eigenvalue weighted by Gasteiger charge is -2.02. The van der Waals surface area contributed by atoms with Crippen molar-refractivity contribution < 1.29 is 8.78 Å². The summed E-state index contributed by atoms with van der Waals surface area (Å²) in [5, 5.41) is 2.83. The molecule has 3 nitrogen and oxygen atoms in total. The van der Waals surface area contributed by atoms with E-state index in [0.29, 0.717) is 0 Å². The SMILES string of the molecule is Fc1cc(F)cc(Nc2nsnc2Cl)c1. The molecule has 2 aromatic rings. The van der Waals surface area contributed by atoms with Gasteiger partial charge in [-0.1, -0.05) is 11.6 Å². The van der Waals surface area contributed by atoms with Gasteiger partial charge in [-0.15, -0.1) is 0 Å². The molecule has 0 fully saturated rings. The predicted molar refractivity (Wildman–Crippen MR) is 54.6 cm³/mol. The third kappa shape index (κ3) is 2.40. The Balaban J connectivity index is 2.28. The van der Waals surface area contributed by atoms with Crippen molar-refractivity contribution >= 4 is 34.8 Å². The summed E-state index contributed by atoms with van der Waals surface area (Å²) in [5.74, 6) is -1.06. The fraction of sp³-hybridized carbons (Fsp3) is 0. The highest BCUT2D eigenvalue weighted by Crippen LogP contribution is 2.23. The average molecular weight is 248 g/mol. The summed E-state index contributed by atoms with van der Waals surface area (Å²) in [6.45, 7) is 0. The largest absolute Gasteiger partial charge is 0.337 e. The summed E-state index contributed by atoms with van der Waals surface area (Å²) < 4.78 is 33.1. The Morgan fingerprint density at radius 2 is 1.80 bits per heavy atom. The van der Waals surface area contributed by atoms with Gasteiger partial charge in [-0.05, 0) is 12.1 Å². The van der Waals surface area contributed by atoms with Crippen molar-refractivity contribution in [3.8, 4) is 0 Å². The van der Waals surface area contributed by atoms with Crippen LogP contribution in [0.3, 0.4) is 0 Å². The van der Waals surface area contributed by atoms with E-state index in [-0.39, 0.29) is 16.7 Å². The maximum Gasteiger partial charge on any atom is 0.187 e. The lowest BCUT2D eigenvalue weighted by atomic mass is 10.3. The molecular weight excluding hydrogens is 244 g/mol. The molecule has 78 valence electrons. The molecule has 0 saturated heterocycles. The van der Waals surface area contributed by atoms with E-state index < -0.39 is 11.6 Å². The van der Waals surface area contributed by atoms with Crippen molar-refractivity contribution in [1.29, 1.82) is 0 Å². The number of benzene rings is 1. The van der Waals surface area contributed by atoms with Crippen molar-refractivity contribution in [1.82, 2.24) is 8.75 Å². The third-order valence-electron chi connectivity index (χ3n) is 1.57. The van der Waals surface area contributed by atoms with E-state index in [1.807, 2.05) is 0 Å². The fourth-order valence-electron chi connectivity index (χ4n) is 1.02. The van der Waals surface area contributed by atoms with Gasteiger partial charge in [0.05, 0.1) is 11.7 Å². The van der Waals surface area contributed by atoms with E-state index in [2.05, 4.69) is 14.1 Å². The molecule has 0 saturated carbocycles. The molecule has 0 radical (unpaired) electrons. The first-order valence-electron chi connectivity index (χ1n) is 3.86. The number of rotatable bonds is 2. The molecule has 0 aliphatic heterocycles. The number of aromatic nitrogens is 2. The van der Waals surface area contributed by atoms with Crippen LogP contribution in [0.2, 0.25) is 5.15 Å². The molecular formula is C8H4ClF2N3S. The van der Waals surface area contributed by atoms with E-state index in [4.69, 9.17) is 11.6 Å². The number of nitrogens with one attached hydrogen (secondary N) is 1. The van der Waals surface area contributed by atoms with Gasteiger partial charge in [0, 0.05) is 11.8 Å². The number of hydrogen-bond acceptors (Lipinski definition) is 4. The second-order valence-corrected chi connectivity index (χ2v) is 3.57. The van der Waals surface area contributed by atoms with E-state index in [9.17, 15) is 8.78 Å². The van der Waals surface area contributed by atoms with E-state index in [1.165, 1.54) is 0 Å². The van der Waals surface area contributed by atoms with Crippen LogP contribution in [0.25, 0.3) is 0 Å². The number of nitrogens with zero attached hydrogens (tertiary/aromatic N) is 2. The van der Waals surface area contributed by atoms with Crippen LogP contribution in [0.4, 0.5) is 20.3 Å². The Morgan fingerprint density at radius 3 is 2.33 bits per heavy atom. The number of anilines is 2. The maximum atomic E-state index is 12.8. The molecule has 0 aliphatic rings. The molecule has 0 spiro atoms. The maximum absolute atomic E-state index is 12.8. The van der Waals surface area contributed by atoms with E-state index in [1.54, 1.807) is 0 Å². The molecule has 1 aromatic heterocycles. The summed E-state index contributed by atoms with van der Waals surface area (Å²) in [5.41, 5.74) is 0.238. The van der Waals surface area contributed by atoms with Crippen LogP contribution in [-0.4, -0.2) is 8.75 Å². The standard InChI is InChI=1S/C8H4ClF2N3S/c9-7-8(14-15-13-7)12-6-2-4(10)1-5(11)3-6/h1-3H,(H,12,14). The van der Waals surface area contributed by atoms with Crippen molar-refractivity contribution in [2.24, 2.45) is 0 Å². The third-order valence-corrected chi connectivity index (χ3v) is 2.47.